The average molecular weight is 346 g/mol. The van der Waals surface area contributed by atoms with Gasteiger partial charge in [0.1, 0.15) is 5.75 Å². The van der Waals surface area contributed by atoms with Crippen molar-refractivity contribution >= 4 is 28.6 Å². The van der Waals surface area contributed by atoms with E-state index in [0.717, 1.165) is 5.39 Å². The van der Waals surface area contributed by atoms with Crippen molar-refractivity contribution in [1.82, 2.24) is 5.16 Å². The summed E-state index contributed by atoms with van der Waals surface area (Å²) in [5, 5.41) is 16.1. The van der Waals surface area contributed by atoms with Crippen molar-refractivity contribution < 1.29 is 23.0 Å². The van der Waals surface area contributed by atoms with Crippen LogP contribution >= 0.6 is 0 Å². The molecule has 0 bridgehead atoms. The molecule has 0 N–H and O–H groups in total. The number of nitro groups is 1. The molecule has 0 amide bonds. The largest absolute Gasteiger partial charge is 0.434 e. The standard InChI is InChI=1S/C17H12F2N2O4/c1-10-16(21(22)23)15(25-20-10)9-7-13-12-5-3-2-4-11(12)6-8-14(13)24-17(18)19/h2-9,17H,1H3. The summed E-state index contributed by atoms with van der Waals surface area (Å²) in [5.41, 5.74) is 0.223. The van der Waals surface area contributed by atoms with E-state index in [9.17, 15) is 18.9 Å². The van der Waals surface area contributed by atoms with Gasteiger partial charge in [0, 0.05) is 5.56 Å². The molecule has 1 heterocycles. The Kier molecular flexibility index (Phi) is 4.42. The van der Waals surface area contributed by atoms with Crippen LogP contribution in [0.25, 0.3) is 22.9 Å². The first-order valence-corrected chi connectivity index (χ1v) is 7.22. The van der Waals surface area contributed by atoms with E-state index < -0.39 is 11.5 Å². The SMILES string of the molecule is Cc1noc(C=Cc2c(OC(F)F)ccc3ccccc23)c1[N+](=O)[O-]. The van der Waals surface area contributed by atoms with E-state index in [0.29, 0.717) is 10.9 Å². The van der Waals surface area contributed by atoms with Gasteiger partial charge in [-0.2, -0.15) is 8.78 Å². The molecule has 0 saturated carbocycles. The van der Waals surface area contributed by atoms with Crippen LogP contribution in [0, 0.1) is 17.0 Å². The lowest BCUT2D eigenvalue weighted by Crippen LogP contribution is -2.03. The quantitative estimate of drug-likeness (QED) is 0.489. The second kappa shape index (κ2) is 6.68. The Balaban J connectivity index is 2.12. The molecule has 0 fully saturated rings. The Labute approximate surface area is 140 Å². The van der Waals surface area contributed by atoms with Crippen LogP contribution in [0.15, 0.2) is 40.9 Å². The minimum atomic E-state index is -2.99. The van der Waals surface area contributed by atoms with Crippen molar-refractivity contribution in [3.63, 3.8) is 0 Å². The number of hydrogen-bond donors (Lipinski definition) is 0. The molecule has 8 heteroatoms. The second-order valence-electron chi connectivity index (χ2n) is 5.15. The van der Waals surface area contributed by atoms with Gasteiger partial charge in [-0.3, -0.25) is 10.1 Å². The van der Waals surface area contributed by atoms with Crippen molar-refractivity contribution in [3.05, 3.63) is 63.5 Å². The van der Waals surface area contributed by atoms with Crippen molar-refractivity contribution in [2.45, 2.75) is 13.5 Å². The molecule has 128 valence electrons. The number of fused-ring (bicyclic) bond motifs is 1. The number of benzene rings is 2. The molecule has 0 aliphatic heterocycles. The molecule has 2 aromatic carbocycles. The Hall–Kier alpha value is -3.29. The van der Waals surface area contributed by atoms with Crippen LogP contribution in [0.4, 0.5) is 14.5 Å². The first-order chi connectivity index (χ1) is 12.0. The molecule has 3 rings (SSSR count). The summed E-state index contributed by atoms with van der Waals surface area (Å²) < 4.78 is 34.9. The normalized spacial score (nSPS) is 11.5. The second-order valence-corrected chi connectivity index (χ2v) is 5.15. The highest BCUT2D eigenvalue weighted by molar-refractivity contribution is 5.95. The zero-order valence-corrected chi connectivity index (χ0v) is 13.0. The highest BCUT2D eigenvalue weighted by atomic mass is 19.3. The number of rotatable bonds is 5. The van der Waals surface area contributed by atoms with Crippen molar-refractivity contribution in [3.8, 4) is 5.75 Å². The Morgan fingerprint density at radius 3 is 2.72 bits per heavy atom. The average Bonchev–Trinajstić information content (AvgIpc) is 2.94. The Morgan fingerprint density at radius 2 is 2.00 bits per heavy atom. The molecule has 0 aliphatic rings. The van der Waals surface area contributed by atoms with Crippen LogP contribution < -0.4 is 4.74 Å². The molecular weight excluding hydrogens is 334 g/mol. The van der Waals surface area contributed by atoms with Crippen LogP contribution in [0.2, 0.25) is 0 Å². The van der Waals surface area contributed by atoms with Gasteiger partial charge >= 0.3 is 12.3 Å². The number of alkyl halides is 2. The molecule has 1 aromatic heterocycles. The fraction of sp³-hybridized carbons (Fsp3) is 0.118. The summed E-state index contributed by atoms with van der Waals surface area (Å²) in [5.74, 6) is -0.109. The first-order valence-electron chi connectivity index (χ1n) is 7.22. The molecule has 25 heavy (non-hydrogen) atoms. The van der Waals surface area contributed by atoms with E-state index in [2.05, 4.69) is 9.89 Å². The molecule has 0 atom stereocenters. The number of aryl methyl sites for hydroxylation is 1. The van der Waals surface area contributed by atoms with Crippen LogP contribution in [-0.2, 0) is 0 Å². The molecule has 3 aromatic rings. The van der Waals surface area contributed by atoms with Gasteiger partial charge in [-0.25, -0.2) is 0 Å². The maximum Gasteiger partial charge on any atom is 0.387 e. The summed E-state index contributed by atoms with van der Waals surface area (Å²) in [6.07, 6.45) is 2.76. The zero-order valence-electron chi connectivity index (χ0n) is 13.0. The monoisotopic (exact) mass is 346 g/mol. The fourth-order valence-electron chi connectivity index (χ4n) is 2.52. The van der Waals surface area contributed by atoms with E-state index in [4.69, 9.17) is 4.52 Å². The van der Waals surface area contributed by atoms with Crippen molar-refractivity contribution in [2.75, 3.05) is 0 Å². The molecular formula is C17H12F2N2O4. The predicted octanol–water partition coefficient (Wildman–Crippen LogP) is 4.82. The summed E-state index contributed by atoms with van der Waals surface area (Å²) >= 11 is 0. The molecule has 0 aliphatic carbocycles. The molecule has 0 spiro atoms. The lowest BCUT2D eigenvalue weighted by molar-refractivity contribution is -0.386. The third-order valence-corrected chi connectivity index (χ3v) is 3.59. The predicted molar refractivity (Wildman–Crippen MR) is 87.4 cm³/mol. The summed E-state index contributed by atoms with van der Waals surface area (Å²) in [4.78, 5) is 10.5. The van der Waals surface area contributed by atoms with E-state index in [1.807, 2.05) is 12.1 Å². The maximum atomic E-state index is 12.7. The molecule has 0 radical (unpaired) electrons. The van der Waals surface area contributed by atoms with Gasteiger partial charge in [0.05, 0.1) is 4.92 Å². The van der Waals surface area contributed by atoms with E-state index in [1.54, 1.807) is 18.2 Å². The Bertz CT molecular complexity index is 966. The van der Waals surface area contributed by atoms with Gasteiger partial charge in [-0.15, -0.1) is 0 Å². The number of ether oxygens (including phenoxy) is 1. The van der Waals surface area contributed by atoms with Gasteiger partial charge in [-0.1, -0.05) is 35.5 Å². The lowest BCUT2D eigenvalue weighted by atomic mass is 10.0. The van der Waals surface area contributed by atoms with Gasteiger partial charge in [0.25, 0.3) is 0 Å². The first kappa shape index (κ1) is 16.6. The maximum absolute atomic E-state index is 12.7. The van der Waals surface area contributed by atoms with Crippen LogP contribution in [-0.4, -0.2) is 16.7 Å². The van der Waals surface area contributed by atoms with Gasteiger partial charge in [0.15, 0.2) is 5.69 Å². The highest BCUT2D eigenvalue weighted by Crippen LogP contribution is 2.32. The van der Waals surface area contributed by atoms with E-state index >= 15 is 0 Å². The summed E-state index contributed by atoms with van der Waals surface area (Å²) in [7, 11) is 0. The topological polar surface area (TPSA) is 78.4 Å². The van der Waals surface area contributed by atoms with Crippen LogP contribution in [0.1, 0.15) is 17.0 Å². The van der Waals surface area contributed by atoms with Gasteiger partial charge < -0.3 is 9.26 Å². The number of nitrogens with zero attached hydrogens (tertiary/aromatic N) is 2. The molecule has 0 unspecified atom stereocenters. The fourth-order valence-corrected chi connectivity index (χ4v) is 2.52. The van der Waals surface area contributed by atoms with Crippen LogP contribution in [0.5, 0.6) is 5.75 Å². The minimum Gasteiger partial charge on any atom is -0.434 e. The third-order valence-electron chi connectivity index (χ3n) is 3.59. The number of halogens is 2. The van der Waals surface area contributed by atoms with Crippen LogP contribution in [0.3, 0.4) is 0 Å². The summed E-state index contributed by atoms with van der Waals surface area (Å²) in [6.45, 7) is -1.54. The third kappa shape index (κ3) is 3.32. The molecule has 0 saturated heterocycles. The number of hydrogen-bond acceptors (Lipinski definition) is 5. The molecule has 6 nitrogen and oxygen atoms in total. The highest BCUT2D eigenvalue weighted by Gasteiger charge is 2.22. The van der Waals surface area contributed by atoms with Gasteiger partial charge in [0.2, 0.25) is 5.76 Å². The van der Waals surface area contributed by atoms with Gasteiger partial charge in [-0.05, 0) is 35.9 Å². The van der Waals surface area contributed by atoms with E-state index in [1.165, 1.54) is 25.1 Å². The summed E-state index contributed by atoms with van der Waals surface area (Å²) in [6, 6.07) is 10.2. The lowest BCUT2D eigenvalue weighted by Gasteiger charge is -2.10. The zero-order chi connectivity index (χ0) is 18.0. The van der Waals surface area contributed by atoms with E-state index in [-0.39, 0.29) is 22.9 Å². The van der Waals surface area contributed by atoms with Crippen molar-refractivity contribution in [2.24, 2.45) is 0 Å². The number of aromatic nitrogens is 1. The Morgan fingerprint density at radius 1 is 1.24 bits per heavy atom. The minimum absolute atomic E-state index is 0.0381. The smallest absolute Gasteiger partial charge is 0.387 e. The van der Waals surface area contributed by atoms with Crippen molar-refractivity contribution in [1.29, 1.82) is 0 Å².